The lowest BCUT2D eigenvalue weighted by atomic mass is 9.83. The van der Waals surface area contributed by atoms with E-state index >= 15 is 0 Å². The van der Waals surface area contributed by atoms with Crippen LogP contribution in [0.25, 0.3) is 0 Å². The largest absolute Gasteiger partial charge is 0.330 e. The van der Waals surface area contributed by atoms with Gasteiger partial charge in [-0.2, -0.15) is 0 Å². The summed E-state index contributed by atoms with van der Waals surface area (Å²) in [5.74, 6) is 0.758. The van der Waals surface area contributed by atoms with Gasteiger partial charge in [0.1, 0.15) is 0 Å². The van der Waals surface area contributed by atoms with Crippen LogP contribution in [0.1, 0.15) is 39.5 Å². The van der Waals surface area contributed by atoms with E-state index in [0.717, 1.165) is 18.5 Å². The van der Waals surface area contributed by atoms with E-state index in [1.54, 1.807) is 0 Å². The molecular formula is C11H24N2. The molecule has 1 rings (SSSR count). The maximum absolute atomic E-state index is 5.81. The molecule has 0 spiro atoms. The average Bonchev–Trinajstić information content (AvgIpc) is 2.20. The summed E-state index contributed by atoms with van der Waals surface area (Å²) < 4.78 is 0. The van der Waals surface area contributed by atoms with E-state index in [1.165, 1.54) is 38.8 Å². The summed E-state index contributed by atoms with van der Waals surface area (Å²) in [5.41, 5.74) is 5.81. The Morgan fingerprint density at radius 2 is 1.77 bits per heavy atom. The monoisotopic (exact) mass is 184 g/mol. The van der Waals surface area contributed by atoms with Gasteiger partial charge in [0.25, 0.3) is 0 Å². The van der Waals surface area contributed by atoms with Crippen molar-refractivity contribution in [1.82, 2.24) is 4.90 Å². The van der Waals surface area contributed by atoms with Gasteiger partial charge in [-0.05, 0) is 38.4 Å². The topological polar surface area (TPSA) is 29.3 Å². The van der Waals surface area contributed by atoms with Crippen LogP contribution in [-0.4, -0.2) is 30.6 Å². The van der Waals surface area contributed by atoms with Crippen molar-refractivity contribution in [3.8, 4) is 0 Å². The van der Waals surface area contributed by atoms with E-state index in [9.17, 15) is 0 Å². The summed E-state index contributed by atoms with van der Waals surface area (Å²) in [6.07, 6.45) is 5.50. The fraction of sp³-hybridized carbons (Fsp3) is 1.00. The highest BCUT2D eigenvalue weighted by molar-refractivity contribution is 4.82. The molecule has 1 aliphatic rings. The Morgan fingerprint density at radius 3 is 2.31 bits per heavy atom. The molecule has 0 aromatic rings. The second-order valence-electron chi connectivity index (χ2n) is 4.07. The summed E-state index contributed by atoms with van der Waals surface area (Å²) in [5, 5.41) is 0. The molecule has 0 amide bonds. The summed E-state index contributed by atoms with van der Waals surface area (Å²) >= 11 is 0. The van der Waals surface area contributed by atoms with Crippen LogP contribution < -0.4 is 5.73 Å². The van der Waals surface area contributed by atoms with Gasteiger partial charge in [0, 0.05) is 6.04 Å². The third kappa shape index (κ3) is 2.68. The van der Waals surface area contributed by atoms with Crippen molar-refractivity contribution < 1.29 is 0 Å². The highest BCUT2D eigenvalue weighted by Crippen LogP contribution is 2.27. The van der Waals surface area contributed by atoms with Crippen LogP contribution >= 0.6 is 0 Å². The maximum atomic E-state index is 5.81. The molecule has 0 heterocycles. The SMILES string of the molecule is CCN(CC)C1CCCCC1CN. The minimum absolute atomic E-state index is 0.758. The van der Waals surface area contributed by atoms with Crippen molar-refractivity contribution >= 4 is 0 Å². The van der Waals surface area contributed by atoms with Crippen LogP contribution in [0, 0.1) is 5.92 Å². The predicted octanol–water partition coefficient (Wildman–Crippen LogP) is 1.85. The number of hydrogen-bond acceptors (Lipinski definition) is 2. The number of nitrogens with two attached hydrogens (primary N) is 1. The van der Waals surface area contributed by atoms with Gasteiger partial charge in [0.2, 0.25) is 0 Å². The first-order chi connectivity index (χ1) is 6.33. The Kier molecular flexibility index (Phi) is 4.74. The molecule has 2 atom stereocenters. The smallest absolute Gasteiger partial charge is 0.0135 e. The first kappa shape index (κ1) is 11.0. The van der Waals surface area contributed by atoms with Gasteiger partial charge in [-0.1, -0.05) is 26.7 Å². The molecule has 0 bridgehead atoms. The van der Waals surface area contributed by atoms with Crippen molar-refractivity contribution in [2.45, 2.75) is 45.6 Å². The molecule has 78 valence electrons. The Morgan fingerprint density at radius 1 is 1.15 bits per heavy atom. The third-order valence-electron chi connectivity index (χ3n) is 3.45. The molecule has 0 radical (unpaired) electrons. The Labute approximate surface area is 82.5 Å². The zero-order valence-electron chi connectivity index (χ0n) is 9.13. The molecular weight excluding hydrogens is 160 g/mol. The van der Waals surface area contributed by atoms with Crippen LogP contribution in [0.15, 0.2) is 0 Å². The molecule has 2 nitrogen and oxygen atoms in total. The van der Waals surface area contributed by atoms with E-state index in [0.29, 0.717) is 0 Å². The molecule has 2 N–H and O–H groups in total. The quantitative estimate of drug-likeness (QED) is 0.722. The summed E-state index contributed by atoms with van der Waals surface area (Å²) in [7, 11) is 0. The summed E-state index contributed by atoms with van der Waals surface area (Å²) in [6.45, 7) is 7.74. The van der Waals surface area contributed by atoms with Crippen molar-refractivity contribution in [2.24, 2.45) is 11.7 Å². The Hall–Kier alpha value is -0.0800. The van der Waals surface area contributed by atoms with Gasteiger partial charge >= 0.3 is 0 Å². The van der Waals surface area contributed by atoms with Crippen LogP contribution in [0.2, 0.25) is 0 Å². The Balaban J connectivity index is 2.51. The van der Waals surface area contributed by atoms with Crippen molar-refractivity contribution in [2.75, 3.05) is 19.6 Å². The first-order valence-corrected chi connectivity index (χ1v) is 5.77. The molecule has 0 aliphatic heterocycles. The van der Waals surface area contributed by atoms with Gasteiger partial charge in [-0.25, -0.2) is 0 Å². The number of hydrogen-bond donors (Lipinski definition) is 1. The highest BCUT2D eigenvalue weighted by atomic mass is 15.1. The lowest BCUT2D eigenvalue weighted by Gasteiger charge is -2.38. The lowest BCUT2D eigenvalue weighted by Crippen LogP contribution is -2.44. The fourth-order valence-corrected chi connectivity index (χ4v) is 2.64. The molecule has 2 unspecified atom stereocenters. The molecule has 1 saturated carbocycles. The maximum Gasteiger partial charge on any atom is 0.0135 e. The molecule has 2 heteroatoms. The van der Waals surface area contributed by atoms with Crippen molar-refractivity contribution in [3.05, 3.63) is 0 Å². The summed E-state index contributed by atoms with van der Waals surface area (Å²) in [4.78, 5) is 2.58. The van der Waals surface area contributed by atoms with Gasteiger partial charge < -0.3 is 10.6 Å². The molecule has 0 aromatic heterocycles. The zero-order valence-corrected chi connectivity index (χ0v) is 9.13. The minimum Gasteiger partial charge on any atom is -0.330 e. The van der Waals surface area contributed by atoms with E-state index < -0.39 is 0 Å². The van der Waals surface area contributed by atoms with Crippen LogP contribution in [-0.2, 0) is 0 Å². The first-order valence-electron chi connectivity index (χ1n) is 5.77. The number of rotatable bonds is 4. The molecule has 1 fully saturated rings. The highest BCUT2D eigenvalue weighted by Gasteiger charge is 2.27. The van der Waals surface area contributed by atoms with E-state index in [4.69, 9.17) is 5.73 Å². The van der Waals surface area contributed by atoms with Gasteiger partial charge in [0.05, 0.1) is 0 Å². The molecule has 0 saturated heterocycles. The normalized spacial score (nSPS) is 29.5. The third-order valence-corrected chi connectivity index (χ3v) is 3.45. The standard InChI is InChI=1S/C11H24N2/c1-3-13(4-2)11-8-6-5-7-10(11)9-12/h10-11H,3-9,12H2,1-2H3. The second-order valence-corrected chi connectivity index (χ2v) is 4.07. The Bertz CT molecular complexity index is 125. The van der Waals surface area contributed by atoms with Crippen LogP contribution in [0.3, 0.4) is 0 Å². The van der Waals surface area contributed by atoms with Gasteiger partial charge in [0.15, 0.2) is 0 Å². The summed E-state index contributed by atoms with van der Waals surface area (Å²) in [6, 6.07) is 0.772. The zero-order chi connectivity index (χ0) is 9.68. The van der Waals surface area contributed by atoms with E-state index in [1.807, 2.05) is 0 Å². The van der Waals surface area contributed by atoms with Gasteiger partial charge in [-0.15, -0.1) is 0 Å². The second kappa shape index (κ2) is 5.61. The number of nitrogens with zero attached hydrogens (tertiary/aromatic N) is 1. The van der Waals surface area contributed by atoms with Crippen LogP contribution in [0.4, 0.5) is 0 Å². The average molecular weight is 184 g/mol. The fourth-order valence-electron chi connectivity index (χ4n) is 2.64. The van der Waals surface area contributed by atoms with E-state index in [2.05, 4.69) is 18.7 Å². The van der Waals surface area contributed by atoms with Crippen molar-refractivity contribution in [3.63, 3.8) is 0 Å². The predicted molar refractivity (Wildman–Crippen MR) is 57.7 cm³/mol. The van der Waals surface area contributed by atoms with Gasteiger partial charge in [-0.3, -0.25) is 0 Å². The van der Waals surface area contributed by atoms with Crippen molar-refractivity contribution in [1.29, 1.82) is 0 Å². The van der Waals surface area contributed by atoms with E-state index in [-0.39, 0.29) is 0 Å². The molecule has 1 aliphatic carbocycles. The molecule has 13 heavy (non-hydrogen) atoms. The lowest BCUT2D eigenvalue weighted by molar-refractivity contribution is 0.118. The molecule has 0 aromatic carbocycles. The van der Waals surface area contributed by atoms with Crippen LogP contribution in [0.5, 0.6) is 0 Å². The minimum atomic E-state index is 0.758.